The summed E-state index contributed by atoms with van der Waals surface area (Å²) in [5, 5.41) is 10.4. The van der Waals surface area contributed by atoms with Crippen LogP contribution in [0.5, 0.6) is 0 Å². The van der Waals surface area contributed by atoms with Crippen LogP contribution in [0.25, 0.3) is 0 Å². The Hall–Kier alpha value is -1.39. The molecule has 0 N–H and O–H groups in total. The molecular formula is C15H13BrClNO2. The fourth-order valence-electron chi connectivity index (χ4n) is 2.02. The van der Waals surface area contributed by atoms with Gasteiger partial charge in [0.2, 0.25) is 0 Å². The summed E-state index contributed by atoms with van der Waals surface area (Å²) in [6.45, 7) is 2.02. The zero-order valence-electron chi connectivity index (χ0n) is 10.8. The molecule has 1 atom stereocenters. The van der Waals surface area contributed by atoms with Gasteiger partial charge in [0.1, 0.15) is 0 Å². The summed E-state index contributed by atoms with van der Waals surface area (Å²) < 4.78 is 1.00. The van der Waals surface area contributed by atoms with Gasteiger partial charge in [-0.3, -0.25) is 10.1 Å². The SMILES string of the molecule is Cc1cc(Br)cc(C(Cl)Cc2ccc([N+](=O)[O-])cc2)c1. The Morgan fingerprint density at radius 2 is 1.90 bits per heavy atom. The van der Waals surface area contributed by atoms with Crippen LogP contribution in [0.3, 0.4) is 0 Å². The van der Waals surface area contributed by atoms with Crippen LogP contribution in [0.15, 0.2) is 46.9 Å². The summed E-state index contributed by atoms with van der Waals surface area (Å²) in [5.74, 6) is 0. The third kappa shape index (κ3) is 3.81. The van der Waals surface area contributed by atoms with Crippen molar-refractivity contribution < 1.29 is 4.92 Å². The Bertz CT molecular complexity index is 608. The van der Waals surface area contributed by atoms with Crippen molar-refractivity contribution >= 4 is 33.2 Å². The lowest BCUT2D eigenvalue weighted by Gasteiger charge is -2.11. The van der Waals surface area contributed by atoms with Gasteiger partial charge in [-0.1, -0.05) is 34.1 Å². The maximum absolute atomic E-state index is 10.6. The van der Waals surface area contributed by atoms with Crippen molar-refractivity contribution in [2.45, 2.75) is 18.7 Å². The molecule has 0 aliphatic heterocycles. The molecule has 0 radical (unpaired) electrons. The molecular weight excluding hydrogens is 342 g/mol. The van der Waals surface area contributed by atoms with Crippen molar-refractivity contribution in [2.75, 3.05) is 0 Å². The average molecular weight is 355 g/mol. The van der Waals surface area contributed by atoms with Gasteiger partial charge in [0, 0.05) is 16.6 Å². The summed E-state index contributed by atoms with van der Waals surface area (Å²) >= 11 is 9.89. The lowest BCUT2D eigenvalue weighted by atomic mass is 10.0. The van der Waals surface area contributed by atoms with E-state index in [1.807, 2.05) is 25.1 Å². The number of rotatable bonds is 4. The van der Waals surface area contributed by atoms with Crippen molar-refractivity contribution in [3.8, 4) is 0 Å². The van der Waals surface area contributed by atoms with Crippen LogP contribution < -0.4 is 0 Å². The van der Waals surface area contributed by atoms with Gasteiger partial charge in [0.25, 0.3) is 5.69 Å². The van der Waals surface area contributed by atoms with Crippen molar-refractivity contribution in [2.24, 2.45) is 0 Å². The maximum atomic E-state index is 10.6. The van der Waals surface area contributed by atoms with Gasteiger partial charge in [0.15, 0.2) is 0 Å². The van der Waals surface area contributed by atoms with Crippen LogP contribution >= 0.6 is 27.5 Å². The number of nitro groups is 1. The number of non-ortho nitro benzene ring substituents is 1. The van der Waals surface area contributed by atoms with E-state index in [-0.39, 0.29) is 11.1 Å². The van der Waals surface area contributed by atoms with Crippen LogP contribution in [-0.4, -0.2) is 4.92 Å². The molecule has 0 fully saturated rings. The molecule has 2 aromatic carbocycles. The topological polar surface area (TPSA) is 43.1 Å². The number of nitrogens with zero attached hydrogens (tertiary/aromatic N) is 1. The van der Waals surface area contributed by atoms with E-state index in [9.17, 15) is 10.1 Å². The first-order chi connectivity index (χ1) is 9.45. The number of hydrogen-bond acceptors (Lipinski definition) is 2. The van der Waals surface area contributed by atoms with E-state index in [1.165, 1.54) is 12.1 Å². The molecule has 2 aromatic rings. The van der Waals surface area contributed by atoms with E-state index in [1.54, 1.807) is 12.1 Å². The Balaban J connectivity index is 2.14. The van der Waals surface area contributed by atoms with Crippen LogP contribution in [-0.2, 0) is 6.42 Å². The molecule has 0 aliphatic carbocycles. The fourth-order valence-corrected chi connectivity index (χ4v) is 2.95. The quantitative estimate of drug-likeness (QED) is 0.431. The van der Waals surface area contributed by atoms with Crippen LogP contribution in [0.2, 0.25) is 0 Å². The molecule has 0 saturated heterocycles. The summed E-state index contributed by atoms with van der Waals surface area (Å²) in [5.41, 5.74) is 3.26. The van der Waals surface area contributed by atoms with Gasteiger partial charge >= 0.3 is 0 Å². The first kappa shape index (κ1) is 15.0. The molecule has 2 rings (SSSR count). The summed E-state index contributed by atoms with van der Waals surface area (Å²) in [6.07, 6.45) is 0.634. The minimum Gasteiger partial charge on any atom is -0.258 e. The third-order valence-corrected chi connectivity index (χ3v) is 3.85. The van der Waals surface area contributed by atoms with Crippen molar-refractivity contribution in [1.29, 1.82) is 0 Å². The van der Waals surface area contributed by atoms with Gasteiger partial charge < -0.3 is 0 Å². The van der Waals surface area contributed by atoms with E-state index in [0.717, 1.165) is 21.2 Å². The Morgan fingerprint density at radius 3 is 2.45 bits per heavy atom. The fraction of sp³-hybridized carbons (Fsp3) is 0.200. The molecule has 0 bridgehead atoms. The predicted octanol–water partition coefficient (Wildman–Crippen LogP) is 5.19. The summed E-state index contributed by atoms with van der Waals surface area (Å²) in [7, 11) is 0. The second-order valence-corrected chi connectivity index (χ2v) is 6.10. The van der Waals surface area contributed by atoms with Crippen molar-refractivity contribution in [3.05, 3.63) is 73.7 Å². The Kier molecular flexibility index (Phi) is 4.78. The lowest BCUT2D eigenvalue weighted by Crippen LogP contribution is -1.97. The molecule has 0 saturated carbocycles. The molecule has 0 spiro atoms. The normalized spacial score (nSPS) is 12.2. The van der Waals surface area contributed by atoms with Gasteiger partial charge in [-0.15, -0.1) is 11.6 Å². The zero-order chi connectivity index (χ0) is 14.7. The molecule has 0 aliphatic rings. The first-order valence-electron chi connectivity index (χ1n) is 6.10. The monoisotopic (exact) mass is 353 g/mol. The highest BCUT2D eigenvalue weighted by atomic mass is 79.9. The minimum atomic E-state index is -0.403. The molecule has 20 heavy (non-hydrogen) atoms. The van der Waals surface area contributed by atoms with Gasteiger partial charge in [-0.2, -0.15) is 0 Å². The summed E-state index contributed by atoms with van der Waals surface area (Å²) in [6, 6.07) is 12.6. The van der Waals surface area contributed by atoms with Crippen molar-refractivity contribution in [1.82, 2.24) is 0 Å². The highest BCUT2D eigenvalue weighted by molar-refractivity contribution is 9.10. The van der Waals surface area contributed by atoms with Gasteiger partial charge in [-0.25, -0.2) is 0 Å². The number of hydrogen-bond donors (Lipinski definition) is 0. The second-order valence-electron chi connectivity index (χ2n) is 4.66. The van der Waals surface area contributed by atoms with E-state index in [0.29, 0.717) is 6.42 Å². The zero-order valence-corrected chi connectivity index (χ0v) is 13.2. The molecule has 0 aromatic heterocycles. The second kappa shape index (κ2) is 6.37. The van der Waals surface area contributed by atoms with E-state index >= 15 is 0 Å². The van der Waals surface area contributed by atoms with Crippen LogP contribution in [0.4, 0.5) is 5.69 Å². The molecule has 0 amide bonds. The van der Waals surface area contributed by atoms with E-state index < -0.39 is 4.92 Å². The Labute approximate surface area is 130 Å². The van der Waals surface area contributed by atoms with Gasteiger partial charge in [-0.05, 0) is 42.2 Å². The number of aryl methyl sites for hydroxylation is 1. The maximum Gasteiger partial charge on any atom is 0.269 e. The highest BCUT2D eigenvalue weighted by Crippen LogP contribution is 2.28. The molecule has 3 nitrogen and oxygen atoms in total. The number of benzene rings is 2. The van der Waals surface area contributed by atoms with Gasteiger partial charge in [0.05, 0.1) is 10.3 Å². The largest absolute Gasteiger partial charge is 0.269 e. The number of nitro benzene ring substituents is 1. The third-order valence-electron chi connectivity index (χ3n) is 2.99. The molecule has 5 heteroatoms. The van der Waals surface area contributed by atoms with Crippen LogP contribution in [0, 0.1) is 17.0 Å². The number of halogens is 2. The first-order valence-corrected chi connectivity index (χ1v) is 7.33. The lowest BCUT2D eigenvalue weighted by molar-refractivity contribution is -0.384. The minimum absolute atomic E-state index is 0.0955. The Morgan fingerprint density at radius 1 is 1.25 bits per heavy atom. The number of alkyl halides is 1. The van der Waals surface area contributed by atoms with Crippen LogP contribution in [0.1, 0.15) is 22.1 Å². The average Bonchev–Trinajstić information content (AvgIpc) is 2.38. The molecule has 104 valence electrons. The highest BCUT2D eigenvalue weighted by Gasteiger charge is 2.11. The smallest absolute Gasteiger partial charge is 0.258 e. The molecule has 0 heterocycles. The van der Waals surface area contributed by atoms with E-state index in [4.69, 9.17) is 11.6 Å². The van der Waals surface area contributed by atoms with Crippen molar-refractivity contribution in [3.63, 3.8) is 0 Å². The summed E-state index contributed by atoms with van der Waals surface area (Å²) in [4.78, 5) is 10.2. The van der Waals surface area contributed by atoms with E-state index in [2.05, 4.69) is 15.9 Å². The predicted molar refractivity (Wildman–Crippen MR) is 84.3 cm³/mol. The molecule has 1 unspecified atom stereocenters. The standard InChI is InChI=1S/C15H13BrClNO2/c1-10-6-12(9-13(16)7-10)15(17)8-11-2-4-14(5-3-11)18(19)20/h2-7,9,15H,8H2,1H3.